The molecule has 3 aliphatic heterocycles. The zero-order valence-electron chi connectivity index (χ0n) is 24.9. The van der Waals surface area contributed by atoms with Gasteiger partial charge in [0.05, 0.1) is 40.2 Å². The van der Waals surface area contributed by atoms with Crippen molar-refractivity contribution >= 4 is 46.5 Å². The number of carbonyl (C=O) groups excluding carboxylic acids is 3. The number of rotatable bonds is 4. The van der Waals surface area contributed by atoms with E-state index >= 15 is 0 Å². The van der Waals surface area contributed by atoms with E-state index in [1.165, 1.54) is 17.9 Å². The molecule has 0 unspecified atom stereocenters. The third kappa shape index (κ3) is 5.32. The number of anilines is 3. The molecule has 0 aliphatic carbocycles. The smallest absolute Gasteiger partial charge is 0.362 e. The number of fused-ring (bicyclic) bond motifs is 3. The number of aryl methyl sites for hydroxylation is 1. The molecule has 2 aromatic heterocycles. The van der Waals surface area contributed by atoms with Gasteiger partial charge >= 0.3 is 6.18 Å². The molecule has 1 aromatic carbocycles. The van der Waals surface area contributed by atoms with Crippen molar-refractivity contribution < 1.29 is 27.6 Å². The van der Waals surface area contributed by atoms with Gasteiger partial charge in [-0.1, -0.05) is 24.2 Å². The molecule has 1 fully saturated rings. The average Bonchev–Trinajstić information content (AvgIpc) is 3.54. The van der Waals surface area contributed by atoms with Crippen molar-refractivity contribution in [3.05, 3.63) is 77.0 Å². The molecule has 45 heavy (non-hydrogen) atoms. The van der Waals surface area contributed by atoms with E-state index in [4.69, 9.17) is 16.6 Å². The van der Waals surface area contributed by atoms with Gasteiger partial charge in [-0.15, -0.1) is 0 Å². The van der Waals surface area contributed by atoms with E-state index in [1.807, 2.05) is 22.6 Å². The molecule has 0 saturated carbocycles. The van der Waals surface area contributed by atoms with E-state index in [1.54, 1.807) is 30.1 Å². The summed E-state index contributed by atoms with van der Waals surface area (Å²) in [5.41, 5.74) is 0.886. The zero-order chi connectivity index (χ0) is 32.4. The molecular formula is C31H31ClF3N7O3. The van der Waals surface area contributed by atoms with Crippen LogP contribution in [0.3, 0.4) is 0 Å². The van der Waals surface area contributed by atoms with Gasteiger partial charge in [-0.2, -0.15) is 13.2 Å². The molecule has 3 aromatic rings. The summed E-state index contributed by atoms with van der Waals surface area (Å²) in [5, 5.41) is 0.391. The summed E-state index contributed by atoms with van der Waals surface area (Å²) in [7, 11) is 1.56. The number of amides is 3. The van der Waals surface area contributed by atoms with Gasteiger partial charge in [-0.3, -0.25) is 19.3 Å². The van der Waals surface area contributed by atoms with Crippen molar-refractivity contribution in [2.24, 2.45) is 5.92 Å². The fourth-order valence-corrected chi connectivity index (χ4v) is 6.93. The first-order valence-electron chi connectivity index (χ1n) is 14.5. The van der Waals surface area contributed by atoms with Crippen LogP contribution in [0.4, 0.5) is 30.4 Å². The van der Waals surface area contributed by atoms with Gasteiger partial charge in [0.15, 0.2) is 0 Å². The minimum Gasteiger partial charge on any atom is -0.362 e. The number of imidazole rings is 1. The van der Waals surface area contributed by atoms with E-state index in [0.717, 1.165) is 22.9 Å². The van der Waals surface area contributed by atoms with E-state index in [0.29, 0.717) is 35.2 Å². The summed E-state index contributed by atoms with van der Waals surface area (Å²) in [6, 6.07) is 5.51. The Morgan fingerprint density at radius 3 is 2.64 bits per heavy atom. The second kappa shape index (κ2) is 11.2. The number of nitrogens with zero attached hydrogens (tertiary/aromatic N) is 7. The van der Waals surface area contributed by atoms with Crippen LogP contribution in [0.5, 0.6) is 0 Å². The zero-order valence-corrected chi connectivity index (χ0v) is 25.6. The molecule has 3 amide bonds. The number of hydrogen-bond acceptors (Lipinski definition) is 6. The summed E-state index contributed by atoms with van der Waals surface area (Å²) in [4.78, 5) is 55.2. The molecule has 0 radical (unpaired) electrons. The maximum atomic E-state index is 14.1. The van der Waals surface area contributed by atoms with Gasteiger partial charge in [0.1, 0.15) is 17.7 Å². The lowest BCUT2D eigenvalue weighted by Crippen LogP contribution is -2.52. The van der Waals surface area contributed by atoms with Crippen LogP contribution in [0.1, 0.15) is 42.2 Å². The van der Waals surface area contributed by atoms with Crippen LogP contribution in [0, 0.1) is 12.8 Å². The number of pyridine rings is 1. The maximum Gasteiger partial charge on any atom is 0.416 e. The fourth-order valence-electron chi connectivity index (χ4n) is 6.65. The molecular weight excluding hydrogens is 611 g/mol. The van der Waals surface area contributed by atoms with Crippen LogP contribution < -0.4 is 14.7 Å². The first-order chi connectivity index (χ1) is 21.3. The average molecular weight is 642 g/mol. The van der Waals surface area contributed by atoms with Crippen LogP contribution >= 0.6 is 11.6 Å². The minimum absolute atomic E-state index is 0.0765. The number of likely N-dealkylation sites (N-methyl/N-ethyl adjacent to an activating group) is 1. The molecule has 14 heteroatoms. The molecule has 0 N–H and O–H groups in total. The molecule has 3 aliphatic rings. The van der Waals surface area contributed by atoms with E-state index in [2.05, 4.69) is 11.6 Å². The Labute approximate surface area is 262 Å². The van der Waals surface area contributed by atoms with Gasteiger partial charge < -0.3 is 19.3 Å². The number of halogens is 4. The van der Waals surface area contributed by atoms with E-state index < -0.39 is 35.5 Å². The molecule has 236 valence electrons. The fraction of sp³-hybridized carbons (Fsp3) is 0.387. The quantitative estimate of drug-likeness (QED) is 0.382. The van der Waals surface area contributed by atoms with Crippen LogP contribution in [0.2, 0.25) is 5.02 Å². The van der Waals surface area contributed by atoms with E-state index in [9.17, 15) is 27.6 Å². The molecule has 0 spiro atoms. The highest BCUT2D eigenvalue weighted by Crippen LogP contribution is 2.43. The lowest BCUT2D eigenvalue weighted by Gasteiger charge is -2.39. The topological polar surface area (TPSA) is 94.9 Å². The Morgan fingerprint density at radius 2 is 1.93 bits per heavy atom. The molecule has 3 atom stereocenters. The van der Waals surface area contributed by atoms with Crippen molar-refractivity contribution in [3.8, 4) is 0 Å². The van der Waals surface area contributed by atoms with Gasteiger partial charge in [-0.25, -0.2) is 9.97 Å². The van der Waals surface area contributed by atoms with Crippen molar-refractivity contribution in [3.63, 3.8) is 0 Å². The van der Waals surface area contributed by atoms with Crippen molar-refractivity contribution in [2.45, 2.75) is 51.6 Å². The third-order valence-electron chi connectivity index (χ3n) is 8.72. The largest absolute Gasteiger partial charge is 0.416 e. The SMILES string of the molecule is C=CC(=O)N1CCn2cc(CN3C[C@H]4CC(=O)N(c5cc(C(F)(F)F)cc(C)n5)[C@@H]4C(=O)N(C)c4cccc(Cl)c43)nc2[C@@H]1C. The molecule has 6 rings (SSSR count). The second-order valence-electron chi connectivity index (χ2n) is 11.6. The highest BCUT2D eigenvalue weighted by molar-refractivity contribution is 6.34. The lowest BCUT2D eigenvalue weighted by atomic mass is 9.95. The first-order valence-corrected chi connectivity index (χ1v) is 14.8. The molecule has 0 bridgehead atoms. The number of hydrogen-bond donors (Lipinski definition) is 0. The van der Waals surface area contributed by atoms with Gasteiger partial charge in [0.2, 0.25) is 17.7 Å². The van der Waals surface area contributed by atoms with E-state index in [-0.39, 0.29) is 43.0 Å². The summed E-state index contributed by atoms with van der Waals surface area (Å²) >= 11 is 6.76. The number of carbonyl (C=O) groups is 3. The summed E-state index contributed by atoms with van der Waals surface area (Å²) in [6.07, 6.45) is -1.53. The molecule has 10 nitrogen and oxygen atoms in total. The third-order valence-corrected chi connectivity index (χ3v) is 9.02. The number of aromatic nitrogens is 3. The standard InChI is InChI=1S/C31H31ClF3N7O3/c1-5-25(43)41-10-9-39-15-21(37-29(39)18(41)3)16-40-14-19-12-26(44)42(24-13-20(31(33,34)35)11-17(2)36-24)27(19)30(45)38(4)23-8-6-7-22(32)28(23)40/h5-8,11,13,15,18-19,27H,1,9-10,12,14,16H2,2-4H3/t18-,19+,27-/m0/s1. The number of para-hydroxylation sites is 1. The maximum absolute atomic E-state index is 14.1. The van der Waals surface area contributed by atoms with Crippen molar-refractivity contribution in [2.75, 3.05) is 34.8 Å². The Balaban J connectivity index is 1.40. The normalized spacial score (nSPS) is 21.7. The Bertz CT molecular complexity index is 1720. The van der Waals surface area contributed by atoms with Crippen molar-refractivity contribution in [1.82, 2.24) is 19.4 Å². The highest BCUT2D eigenvalue weighted by atomic mass is 35.5. The lowest BCUT2D eigenvalue weighted by molar-refractivity contribution is -0.137. The number of benzene rings is 1. The summed E-state index contributed by atoms with van der Waals surface area (Å²) in [5.74, 6) is -1.21. The molecule has 5 heterocycles. The van der Waals surface area contributed by atoms with Gasteiger partial charge in [0, 0.05) is 50.9 Å². The van der Waals surface area contributed by atoms with Crippen molar-refractivity contribution in [1.29, 1.82) is 0 Å². The monoisotopic (exact) mass is 641 g/mol. The van der Waals surface area contributed by atoms with Gasteiger partial charge in [0.25, 0.3) is 0 Å². The predicted molar refractivity (Wildman–Crippen MR) is 162 cm³/mol. The molecule has 1 saturated heterocycles. The Hall–Kier alpha value is -4.39. The van der Waals surface area contributed by atoms with Crippen LogP contribution in [-0.2, 0) is 33.6 Å². The Morgan fingerprint density at radius 1 is 1.18 bits per heavy atom. The predicted octanol–water partition coefficient (Wildman–Crippen LogP) is 4.75. The van der Waals surface area contributed by atoms with Crippen LogP contribution in [-0.4, -0.2) is 63.3 Å². The Kier molecular flexibility index (Phi) is 7.62. The second-order valence-corrected chi connectivity index (χ2v) is 12.0. The first kappa shape index (κ1) is 30.6. The summed E-state index contributed by atoms with van der Waals surface area (Å²) < 4.78 is 43.2. The van der Waals surface area contributed by atoms with Crippen LogP contribution in [0.25, 0.3) is 0 Å². The number of alkyl halides is 3. The van der Waals surface area contributed by atoms with Crippen LogP contribution in [0.15, 0.2) is 49.2 Å². The summed E-state index contributed by atoms with van der Waals surface area (Å²) in [6.45, 7) is 8.43. The minimum atomic E-state index is -4.66. The van der Waals surface area contributed by atoms with Gasteiger partial charge in [-0.05, 0) is 44.2 Å². The highest BCUT2D eigenvalue weighted by Gasteiger charge is 2.49.